The van der Waals surface area contributed by atoms with Crippen LogP contribution in [0.25, 0.3) is 10.8 Å². The average molecular weight is 269 g/mol. The van der Waals surface area contributed by atoms with Crippen LogP contribution >= 0.6 is 0 Å². The minimum Gasteiger partial charge on any atom is -0.468 e. The van der Waals surface area contributed by atoms with Crippen molar-refractivity contribution in [1.82, 2.24) is 0 Å². The third-order valence-electron chi connectivity index (χ3n) is 2.93. The molecule has 0 aliphatic heterocycles. The molecule has 2 rings (SSSR count). The van der Waals surface area contributed by atoms with E-state index in [1.165, 1.54) is 13.3 Å². The zero-order valence-corrected chi connectivity index (χ0v) is 11.2. The van der Waals surface area contributed by atoms with Crippen molar-refractivity contribution in [2.75, 3.05) is 13.7 Å². The Balaban J connectivity index is 2.02. The number of esters is 1. The van der Waals surface area contributed by atoms with Gasteiger partial charge in [-0.2, -0.15) is 0 Å². The molecule has 0 aliphatic rings. The number of carbonyl (C=O) groups excluding carboxylic acids is 2. The third kappa shape index (κ3) is 3.51. The van der Waals surface area contributed by atoms with Gasteiger partial charge >= 0.3 is 5.97 Å². The smallest absolute Gasteiger partial charge is 0.327 e. The summed E-state index contributed by atoms with van der Waals surface area (Å²) in [6.45, 7) is -0.0541. The van der Waals surface area contributed by atoms with Gasteiger partial charge in [0.1, 0.15) is 6.54 Å². The summed E-state index contributed by atoms with van der Waals surface area (Å²) in [4.78, 5) is 26.7. The summed E-state index contributed by atoms with van der Waals surface area (Å²) in [5.74, 6) is -0.441. The number of methoxy groups -OCH3 is 1. The fourth-order valence-electron chi connectivity index (χ4n) is 1.83. The highest BCUT2D eigenvalue weighted by Gasteiger charge is 2.05. The van der Waals surface area contributed by atoms with Crippen LogP contribution in [0, 0.1) is 0 Å². The Morgan fingerprint density at radius 1 is 1.15 bits per heavy atom. The lowest BCUT2D eigenvalue weighted by atomic mass is 10.0. The zero-order chi connectivity index (χ0) is 14.4. The number of aliphatic imine (C=N–C) groups is 1. The quantitative estimate of drug-likeness (QED) is 0.476. The molecule has 4 heteroatoms. The number of ketones is 1. The highest BCUT2D eigenvalue weighted by atomic mass is 16.5. The predicted octanol–water partition coefficient (Wildman–Crippen LogP) is 2.66. The topological polar surface area (TPSA) is 55.7 Å². The Hall–Kier alpha value is -2.49. The largest absolute Gasteiger partial charge is 0.468 e. The fourth-order valence-corrected chi connectivity index (χ4v) is 1.83. The Kier molecular flexibility index (Phi) is 4.60. The minimum absolute atomic E-state index is 0.0237. The van der Waals surface area contributed by atoms with Gasteiger partial charge in [-0.3, -0.25) is 14.6 Å². The van der Waals surface area contributed by atoms with Crippen LogP contribution in [0.4, 0.5) is 0 Å². The summed E-state index contributed by atoms with van der Waals surface area (Å²) in [5, 5.41) is 2.13. The second-order valence-electron chi connectivity index (χ2n) is 4.29. The van der Waals surface area contributed by atoms with Crippen LogP contribution < -0.4 is 0 Å². The second kappa shape index (κ2) is 6.61. The van der Waals surface area contributed by atoms with Gasteiger partial charge in [0.05, 0.1) is 7.11 Å². The highest BCUT2D eigenvalue weighted by molar-refractivity contribution is 6.05. The molecular formula is C16H15NO3. The number of carbonyl (C=O) groups is 2. The van der Waals surface area contributed by atoms with Crippen molar-refractivity contribution in [3.05, 3.63) is 48.0 Å². The van der Waals surface area contributed by atoms with Gasteiger partial charge in [0.2, 0.25) is 0 Å². The number of benzene rings is 2. The van der Waals surface area contributed by atoms with Crippen LogP contribution in [0.1, 0.15) is 16.8 Å². The van der Waals surface area contributed by atoms with E-state index < -0.39 is 5.97 Å². The maximum absolute atomic E-state index is 12.0. The Labute approximate surface area is 117 Å². The number of Topliss-reactive ketones (excluding diaryl/α,β-unsaturated/α-hetero) is 1. The summed E-state index contributed by atoms with van der Waals surface area (Å²) < 4.78 is 4.45. The molecule has 20 heavy (non-hydrogen) atoms. The van der Waals surface area contributed by atoms with Crippen LogP contribution in [0.2, 0.25) is 0 Å². The molecule has 2 aromatic rings. The van der Waals surface area contributed by atoms with Gasteiger partial charge in [-0.25, -0.2) is 0 Å². The summed E-state index contributed by atoms with van der Waals surface area (Å²) in [7, 11) is 1.30. The van der Waals surface area contributed by atoms with Crippen molar-refractivity contribution >= 4 is 28.7 Å². The monoisotopic (exact) mass is 269 g/mol. The van der Waals surface area contributed by atoms with Gasteiger partial charge in [-0.15, -0.1) is 0 Å². The molecule has 0 aliphatic carbocycles. The van der Waals surface area contributed by atoms with E-state index in [0.29, 0.717) is 5.56 Å². The average Bonchev–Trinajstić information content (AvgIpc) is 2.50. The number of rotatable bonds is 5. The maximum Gasteiger partial charge on any atom is 0.327 e. The van der Waals surface area contributed by atoms with Crippen molar-refractivity contribution in [1.29, 1.82) is 0 Å². The van der Waals surface area contributed by atoms with E-state index in [-0.39, 0.29) is 18.7 Å². The standard InChI is InChI=1S/C16H15NO3/c1-20-16(19)11-17-9-8-15(18)14-7-6-12-4-2-3-5-13(12)10-14/h2-7,9-10H,8,11H2,1H3. The molecule has 2 aromatic carbocycles. The summed E-state index contributed by atoms with van der Waals surface area (Å²) in [6.07, 6.45) is 1.63. The molecule has 0 radical (unpaired) electrons. The first-order chi connectivity index (χ1) is 9.70. The lowest BCUT2D eigenvalue weighted by Gasteiger charge is -2.01. The van der Waals surface area contributed by atoms with Crippen LogP contribution in [0.3, 0.4) is 0 Å². The van der Waals surface area contributed by atoms with Crippen LogP contribution in [0.5, 0.6) is 0 Å². The molecule has 0 bridgehead atoms. The van der Waals surface area contributed by atoms with E-state index in [2.05, 4.69) is 9.73 Å². The maximum atomic E-state index is 12.0. The molecule has 0 heterocycles. The highest BCUT2D eigenvalue weighted by Crippen LogP contribution is 2.16. The number of ether oxygens (including phenoxy) is 1. The van der Waals surface area contributed by atoms with Gasteiger partial charge in [-0.05, 0) is 16.8 Å². The lowest BCUT2D eigenvalue weighted by Crippen LogP contribution is -2.05. The van der Waals surface area contributed by atoms with Gasteiger partial charge in [0.25, 0.3) is 0 Å². The van der Waals surface area contributed by atoms with E-state index in [4.69, 9.17) is 0 Å². The van der Waals surface area contributed by atoms with Crippen molar-refractivity contribution in [2.45, 2.75) is 6.42 Å². The number of hydrogen-bond donors (Lipinski definition) is 0. The zero-order valence-electron chi connectivity index (χ0n) is 11.2. The number of fused-ring (bicyclic) bond motifs is 1. The molecule has 0 amide bonds. The lowest BCUT2D eigenvalue weighted by molar-refractivity contribution is -0.138. The second-order valence-corrected chi connectivity index (χ2v) is 4.29. The molecular weight excluding hydrogens is 254 g/mol. The molecule has 0 atom stereocenters. The van der Waals surface area contributed by atoms with Gasteiger partial charge < -0.3 is 4.74 Å². The normalized spacial score (nSPS) is 10.8. The van der Waals surface area contributed by atoms with Crippen molar-refractivity contribution in [2.24, 2.45) is 4.99 Å². The molecule has 0 N–H and O–H groups in total. The molecule has 0 saturated heterocycles. The Bertz CT molecular complexity index is 662. The Morgan fingerprint density at radius 2 is 1.90 bits per heavy atom. The molecule has 0 unspecified atom stereocenters. The summed E-state index contributed by atoms with van der Waals surface area (Å²) in [5.41, 5.74) is 0.646. The van der Waals surface area contributed by atoms with E-state index in [1.807, 2.05) is 36.4 Å². The molecule has 0 fully saturated rings. The first-order valence-corrected chi connectivity index (χ1v) is 6.28. The van der Waals surface area contributed by atoms with Crippen LogP contribution in [-0.4, -0.2) is 31.6 Å². The first kappa shape index (κ1) is 13.9. The van der Waals surface area contributed by atoms with Crippen molar-refractivity contribution in [3.63, 3.8) is 0 Å². The SMILES string of the molecule is COC(=O)CN=CCC(=O)c1ccc2ccccc2c1. The van der Waals surface area contributed by atoms with E-state index >= 15 is 0 Å². The van der Waals surface area contributed by atoms with Crippen molar-refractivity contribution in [3.8, 4) is 0 Å². The minimum atomic E-state index is -0.417. The molecule has 0 spiro atoms. The van der Waals surface area contributed by atoms with Gasteiger partial charge in [-0.1, -0.05) is 36.4 Å². The fraction of sp³-hybridized carbons (Fsp3) is 0.188. The van der Waals surface area contributed by atoms with E-state index in [1.54, 1.807) is 6.07 Å². The molecule has 0 aromatic heterocycles. The van der Waals surface area contributed by atoms with Crippen LogP contribution in [0.15, 0.2) is 47.5 Å². The molecule has 4 nitrogen and oxygen atoms in total. The van der Waals surface area contributed by atoms with Gasteiger partial charge in [0, 0.05) is 18.2 Å². The van der Waals surface area contributed by atoms with E-state index in [0.717, 1.165) is 10.8 Å². The first-order valence-electron chi connectivity index (χ1n) is 6.28. The summed E-state index contributed by atoms with van der Waals surface area (Å²) in [6, 6.07) is 13.5. The van der Waals surface area contributed by atoms with E-state index in [9.17, 15) is 9.59 Å². The number of nitrogens with zero attached hydrogens (tertiary/aromatic N) is 1. The van der Waals surface area contributed by atoms with Gasteiger partial charge in [0.15, 0.2) is 5.78 Å². The van der Waals surface area contributed by atoms with Crippen LogP contribution in [-0.2, 0) is 9.53 Å². The third-order valence-corrected chi connectivity index (χ3v) is 2.93. The summed E-state index contributed by atoms with van der Waals surface area (Å²) >= 11 is 0. The molecule has 102 valence electrons. The molecule has 0 saturated carbocycles. The number of hydrogen-bond acceptors (Lipinski definition) is 4. The van der Waals surface area contributed by atoms with Crippen molar-refractivity contribution < 1.29 is 14.3 Å². The Morgan fingerprint density at radius 3 is 2.65 bits per heavy atom. The predicted molar refractivity (Wildman–Crippen MR) is 78.3 cm³/mol.